The number of aromatic nitrogens is 3. The molecule has 1 atom stereocenters. The molecule has 0 aliphatic rings. The molecular formula is C22H21FN4O2. The van der Waals surface area contributed by atoms with Crippen molar-refractivity contribution < 1.29 is 13.7 Å². The summed E-state index contributed by atoms with van der Waals surface area (Å²) >= 11 is 0. The highest BCUT2D eigenvalue weighted by molar-refractivity contribution is 5.94. The van der Waals surface area contributed by atoms with Crippen LogP contribution in [0.3, 0.4) is 0 Å². The van der Waals surface area contributed by atoms with Gasteiger partial charge in [-0.15, -0.1) is 0 Å². The lowest BCUT2D eigenvalue weighted by atomic mass is 9.98. The summed E-state index contributed by atoms with van der Waals surface area (Å²) in [4.78, 5) is 19.9. The second-order valence-electron chi connectivity index (χ2n) is 7.18. The summed E-state index contributed by atoms with van der Waals surface area (Å²) in [6.07, 6.45) is 5.64. The number of halogens is 1. The molecule has 148 valence electrons. The number of amides is 1. The summed E-state index contributed by atoms with van der Waals surface area (Å²) in [5.74, 6) is 0.210. The van der Waals surface area contributed by atoms with Crippen LogP contribution in [0.4, 0.5) is 4.39 Å². The van der Waals surface area contributed by atoms with Crippen molar-refractivity contribution in [2.45, 2.75) is 33.2 Å². The Kier molecular flexibility index (Phi) is 4.88. The van der Waals surface area contributed by atoms with E-state index in [0.29, 0.717) is 29.0 Å². The van der Waals surface area contributed by atoms with E-state index in [0.717, 1.165) is 22.1 Å². The number of nitrogens with one attached hydrogen (secondary N) is 2. The number of carbonyl (C=O) groups excluding carboxylic acids is 1. The molecule has 0 spiro atoms. The van der Waals surface area contributed by atoms with Crippen LogP contribution in [0.25, 0.3) is 10.8 Å². The summed E-state index contributed by atoms with van der Waals surface area (Å²) in [5, 5.41) is 8.19. The number of fused-ring (bicyclic) bond motifs is 1. The number of hydrogen-bond acceptors (Lipinski definition) is 4. The Labute approximate surface area is 167 Å². The van der Waals surface area contributed by atoms with E-state index in [9.17, 15) is 9.18 Å². The Morgan fingerprint density at radius 1 is 1.24 bits per heavy atom. The van der Waals surface area contributed by atoms with Crippen molar-refractivity contribution in [2.75, 3.05) is 0 Å². The summed E-state index contributed by atoms with van der Waals surface area (Å²) < 4.78 is 19.1. The van der Waals surface area contributed by atoms with Gasteiger partial charge >= 0.3 is 0 Å². The van der Waals surface area contributed by atoms with Gasteiger partial charge in [0.1, 0.15) is 23.0 Å². The van der Waals surface area contributed by atoms with E-state index in [1.807, 2.05) is 20.0 Å². The number of carbonyl (C=O) groups is 1. The summed E-state index contributed by atoms with van der Waals surface area (Å²) in [6, 6.07) is 6.42. The maximum absolute atomic E-state index is 14.1. The highest BCUT2D eigenvalue weighted by Gasteiger charge is 2.19. The minimum absolute atomic E-state index is 0.215. The van der Waals surface area contributed by atoms with Crippen molar-refractivity contribution >= 4 is 16.7 Å². The van der Waals surface area contributed by atoms with Crippen molar-refractivity contribution in [1.82, 2.24) is 20.4 Å². The number of aromatic amines is 1. The second kappa shape index (κ2) is 7.50. The third-order valence-electron chi connectivity index (χ3n) is 5.15. The van der Waals surface area contributed by atoms with Gasteiger partial charge in [-0.25, -0.2) is 4.39 Å². The summed E-state index contributed by atoms with van der Waals surface area (Å²) in [7, 11) is 0. The number of H-pyrrole nitrogens is 1. The zero-order chi connectivity index (χ0) is 20.5. The minimum atomic E-state index is -0.279. The number of nitrogens with zero attached hydrogens (tertiary/aromatic N) is 2. The normalized spacial score (nSPS) is 12.3. The smallest absolute Gasteiger partial charge is 0.268 e. The van der Waals surface area contributed by atoms with Crippen LogP contribution in [0.15, 0.2) is 47.4 Å². The molecule has 0 saturated heterocycles. The van der Waals surface area contributed by atoms with E-state index in [1.54, 1.807) is 37.5 Å². The van der Waals surface area contributed by atoms with Gasteiger partial charge in [-0.3, -0.25) is 9.78 Å². The number of aryl methyl sites for hydroxylation is 1. The molecule has 3 aromatic heterocycles. The van der Waals surface area contributed by atoms with E-state index >= 15 is 0 Å². The Morgan fingerprint density at radius 2 is 2.07 bits per heavy atom. The molecule has 0 bridgehead atoms. The molecule has 4 aromatic rings. The molecule has 6 nitrogen and oxygen atoms in total. The van der Waals surface area contributed by atoms with Crippen LogP contribution in [-0.2, 0) is 6.42 Å². The van der Waals surface area contributed by atoms with E-state index in [-0.39, 0.29) is 17.8 Å². The molecule has 2 N–H and O–H groups in total. The molecule has 1 unspecified atom stereocenters. The van der Waals surface area contributed by atoms with Crippen LogP contribution in [0.5, 0.6) is 0 Å². The topological polar surface area (TPSA) is 83.8 Å². The first-order chi connectivity index (χ1) is 13.9. The molecule has 0 radical (unpaired) electrons. The van der Waals surface area contributed by atoms with Crippen LogP contribution in [-0.4, -0.2) is 21.0 Å². The monoisotopic (exact) mass is 392 g/mol. The minimum Gasteiger partial charge on any atom is -0.361 e. The van der Waals surface area contributed by atoms with Gasteiger partial charge in [-0.1, -0.05) is 11.2 Å². The SMILES string of the molecule is Cc1cc(C(C)NC(=O)c2[nH]cc(Cc3ccc(F)c4ccncc34)c2C)no1. The van der Waals surface area contributed by atoms with Gasteiger partial charge in [-0.05, 0) is 56.0 Å². The van der Waals surface area contributed by atoms with E-state index in [1.165, 1.54) is 6.07 Å². The van der Waals surface area contributed by atoms with Gasteiger partial charge in [0.2, 0.25) is 0 Å². The predicted molar refractivity (Wildman–Crippen MR) is 107 cm³/mol. The molecule has 0 aliphatic heterocycles. The van der Waals surface area contributed by atoms with Crippen LogP contribution in [0.1, 0.15) is 51.6 Å². The zero-order valence-corrected chi connectivity index (χ0v) is 16.4. The fourth-order valence-electron chi connectivity index (χ4n) is 3.46. The average Bonchev–Trinajstić information content (AvgIpc) is 3.30. The van der Waals surface area contributed by atoms with Crippen molar-refractivity contribution in [3.8, 4) is 0 Å². The molecule has 0 fully saturated rings. The number of pyridine rings is 1. The van der Waals surface area contributed by atoms with Gasteiger partial charge < -0.3 is 14.8 Å². The fourth-order valence-corrected chi connectivity index (χ4v) is 3.46. The maximum Gasteiger partial charge on any atom is 0.268 e. The second-order valence-corrected chi connectivity index (χ2v) is 7.18. The summed E-state index contributed by atoms with van der Waals surface area (Å²) in [6.45, 7) is 5.56. The van der Waals surface area contributed by atoms with E-state index in [2.05, 4.69) is 20.4 Å². The molecule has 0 aliphatic carbocycles. The first-order valence-corrected chi connectivity index (χ1v) is 9.36. The van der Waals surface area contributed by atoms with Gasteiger partial charge in [0.05, 0.1) is 6.04 Å². The van der Waals surface area contributed by atoms with Gasteiger partial charge in [0.15, 0.2) is 0 Å². The molecule has 7 heteroatoms. The fraction of sp³-hybridized carbons (Fsp3) is 0.227. The Hall–Kier alpha value is -3.48. The van der Waals surface area contributed by atoms with Crippen LogP contribution >= 0.6 is 0 Å². The maximum atomic E-state index is 14.1. The van der Waals surface area contributed by atoms with Crippen LogP contribution in [0.2, 0.25) is 0 Å². The quantitative estimate of drug-likeness (QED) is 0.528. The van der Waals surface area contributed by atoms with E-state index in [4.69, 9.17) is 4.52 Å². The number of hydrogen-bond donors (Lipinski definition) is 2. The van der Waals surface area contributed by atoms with Gasteiger partial charge in [0.25, 0.3) is 5.91 Å². The standard InChI is InChI=1S/C22H21FN4O2/c1-12-8-20(27-29-12)14(3)26-22(28)21-13(2)16(10-25-21)9-15-4-5-19(23)17-6-7-24-11-18(15)17/h4-8,10-11,14,25H,9H2,1-3H3,(H,26,28). The summed E-state index contributed by atoms with van der Waals surface area (Å²) in [5.41, 5.74) is 3.95. The largest absolute Gasteiger partial charge is 0.361 e. The molecule has 3 heterocycles. The van der Waals surface area contributed by atoms with Gasteiger partial charge in [0, 0.05) is 35.4 Å². The first kappa shape index (κ1) is 18.9. The van der Waals surface area contributed by atoms with Crippen molar-refractivity contribution in [2.24, 2.45) is 0 Å². The Morgan fingerprint density at radius 3 is 2.83 bits per heavy atom. The lowest BCUT2D eigenvalue weighted by molar-refractivity contribution is 0.0933. The van der Waals surface area contributed by atoms with Crippen molar-refractivity contribution in [3.63, 3.8) is 0 Å². The van der Waals surface area contributed by atoms with E-state index < -0.39 is 0 Å². The predicted octanol–water partition coefficient (Wildman–Crippen LogP) is 4.39. The third kappa shape index (κ3) is 3.63. The van der Waals surface area contributed by atoms with Gasteiger partial charge in [-0.2, -0.15) is 0 Å². The zero-order valence-electron chi connectivity index (χ0n) is 16.4. The first-order valence-electron chi connectivity index (χ1n) is 9.36. The molecule has 1 amide bonds. The van der Waals surface area contributed by atoms with Crippen molar-refractivity contribution in [1.29, 1.82) is 0 Å². The highest BCUT2D eigenvalue weighted by atomic mass is 19.1. The lowest BCUT2D eigenvalue weighted by Gasteiger charge is -2.11. The third-order valence-corrected chi connectivity index (χ3v) is 5.15. The Balaban J connectivity index is 1.56. The van der Waals surface area contributed by atoms with Crippen molar-refractivity contribution in [3.05, 3.63) is 82.5 Å². The number of rotatable bonds is 5. The average molecular weight is 392 g/mol. The highest BCUT2D eigenvalue weighted by Crippen LogP contribution is 2.25. The molecular weight excluding hydrogens is 371 g/mol. The molecule has 0 saturated carbocycles. The molecule has 1 aromatic carbocycles. The van der Waals surface area contributed by atoms with Crippen LogP contribution in [0, 0.1) is 19.7 Å². The lowest BCUT2D eigenvalue weighted by Crippen LogP contribution is -2.27. The molecule has 4 rings (SSSR count). The molecule has 29 heavy (non-hydrogen) atoms. The number of benzene rings is 1. The Bertz CT molecular complexity index is 1190. The van der Waals surface area contributed by atoms with Crippen LogP contribution < -0.4 is 5.32 Å².